The third kappa shape index (κ3) is 2.62. The summed E-state index contributed by atoms with van der Waals surface area (Å²) in [5, 5.41) is 0. The van der Waals surface area contributed by atoms with Gasteiger partial charge in [-0.25, -0.2) is 0 Å². The van der Waals surface area contributed by atoms with Crippen LogP contribution in [0.2, 0.25) is 0 Å². The molecule has 0 amide bonds. The molecule has 1 saturated heterocycles. The van der Waals surface area contributed by atoms with Crippen LogP contribution in [-0.4, -0.2) is 17.6 Å². The molecule has 0 bridgehead atoms. The highest BCUT2D eigenvalue weighted by Crippen LogP contribution is 2.37. The van der Waals surface area contributed by atoms with Crippen molar-refractivity contribution in [2.24, 2.45) is 11.7 Å². The number of hydrogen-bond donors (Lipinski definition) is 1. The molecule has 3 rings (SSSR count). The molecule has 1 aliphatic carbocycles. The van der Waals surface area contributed by atoms with E-state index in [9.17, 15) is 0 Å². The summed E-state index contributed by atoms with van der Waals surface area (Å²) < 4.78 is 0. The summed E-state index contributed by atoms with van der Waals surface area (Å²) in [4.78, 5) is 3.11. The Morgan fingerprint density at radius 3 is 2.47 bits per heavy atom. The second-order valence-corrected chi connectivity index (χ2v) is 6.30. The van der Waals surface area contributed by atoms with Gasteiger partial charge in [-0.05, 0) is 55.9 Å². The van der Waals surface area contributed by atoms with Crippen LogP contribution in [0.5, 0.6) is 0 Å². The Kier molecular flexibility index (Phi) is 3.74. The van der Waals surface area contributed by atoms with E-state index in [-0.39, 0.29) is 0 Å². The van der Waals surface area contributed by atoms with Gasteiger partial charge in [0.25, 0.3) is 0 Å². The smallest absolute Gasteiger partial charge is 0.103 e. The minimum atomic E-state index is 0.487. The van der Waals surface area contributed by atoms with Crippen LogP contribution in [0.15, 0.2) is 24.3 Å². The molecule has 2 aliphatic rings. The lowest BCUT2D eigenvalue weighted by molar-refractivity contribution is 0.244. The Bertz CT molecular complexity index is 452. The molecule has 102 valence electrons. The Hall–Kier alpha value is -1.09. The highest BCUT2D eigenvalue weighted by atomic mass is 32.1. The van der Waals surface area contributed by atoms with E-state index in [1.54, 1.807) is 0 Å². The molecule has 3 heteroatoms. The third-order valence-electron chi connectivity index (χ3n) is 4.73. The fourth-order valence-electron chi connectivity index (χ4n) is 3.76. The average molecular weight is 274 g/mol. The van der Waals surface area contributed by atoms with Crippen LogP contribution < -0.4 is 10.6 Å². The van der Waals surface area contributed by atoms with Gasteiger partial charge in [0.2, 0.25) is 0 Å². The first-order chi connectivity index (χ1) is 9.25. The molecule has 2 N–H and O–H groups in total. The van der Waals surface area contributed by atoms with E-state index in [2.05, 4.69) is 29.2 Å². The maximum Gasteiger partial charge on any atom is 0.103 e. The average Bonchev–Trinajstić information content (AvgIpc) is 2.47. The van der Waals surface area contributed by atoms with E-state index in [4.69, 9.17) is 18.0 Å². The van der Waals surface area contributed by atoms with Crippen LogP contribution in [0, 0.1) is 5.92 Å². The van der Waals surface area contributed by atoms with Gasteiger partial charge < -0.3 is 10.6 Å². The Morgan fingerprint density at radius 2 is 1.74 bits per heavy atom. The molecule has 0 radical (unpaired) electrons. The molecule has 1 heterocycles. The van der Waals surface area contributed by atoms with Gasteiger partial charge in [0, 0.05) is 23.8 Å². The predicted molar refractivity (Wildman–Crippen MR) is 84.7 cm³/mol. The standard InChI is InChI=1S/C16H22N2S/c17-16(19)13-7-9-14(10-8-13)18-11-3-5-12-4-1-2-6-15(12)18/h7-10,12,15H,1-6,11H2,(H2,17,19)/t12-,15-/m1/s1. The lowest BCUT2D eigenvalue weighted by Gasteiger charge is -2.45. The molecule has 1 aromatic carbocycles. The van der Waals surface area contributed by atoms with Crippen molar-refractivity contribution in [2.45, 2.75) is 44.6 Å². The maximum absolute atomic E-state index is 5.67. The summed E-state index contributed by atoms with van der Waals surface area (Å²) in [5.74, 6) is 0.915. The largest absolute Gasteiger partial charge is 0.389 e. The maximum atomic E-state index is 5.67. The van der Waals surface area contributed by atoms with Crippen molar-refractivity contribution in [3.8, 4) is 0 Å². The van der Waals surface area contributed by atoms with Gasteiger partial charge in [-0.3, -0.25) is 0 Å². The van der Waals surface area contributed by atoms with E-state index in [0.29, 0.717) is 4.99 Å². The highest BCUT2D eigenvalue weighted by molar-refractivity contribution is 7.80. The molecule has 1 aliphatic heterocycles. The van der Waals surface area contributed by atoms with Crippen LogP contribution in [0.4, 0.5) is 5.69 Å². The van der Waals surface area contributed by atoms with Gasteiger partial charge in [0.05, 0.1) is 0 Å². The summed E-state index contributed by atoms with van der Waals surface area (Å²) in [5.41, 5.74) is 7.98. The first kappa shape index (κ1) is 12.9. The Morgan fingerprint density at radius 1 is 1.05 bits per heavy atom. The number of rotatable bonds is 2. The molecule has 2 nitrogen and oxygen atoms in total. The number of benzene rings is 1. The second kappa shape index (κ2) is 5.49. The van der Waals surface area contributed by atoms with Crippen LogP contribution >= 0.6 is 12.2 Å². The monoisotopic (exact) mass is 274 g/mol. The molecule has 0 unspecified atom stereocenters. The fraction of sp³-hybridized carbons (Fsp3) is 0.562. The molecule has 1 saturated carbocycles. The fourth-order valence-corrected chi connectivity index (χ4v) is 3.90. The number of thiocarbonyl (C=S) groups is 1. The van der Waals surface area contributed by atoms with E-state index in [0.717, 1.165) is 17.5 Å². The predicted octanol–water partition coefficient (Wildman–Crippen LogP) is 3.48. The summed E-state index contributed by atoms with van der Waals surface area (Å²) in [7, 11) is 0. The molecule has 2 atom stereocenters. The van der Waals surface area contributed by atoms with Gasteiger partial charge >= 0.3 is 0 Å². The summed E-state index contributed by atoms with van der Waals surface area (Å²) in [6, 6.07) is 9.25. The number of nitrogens with two attached hydrogens (primary N) is 1. The molecule has 0 spiro atoms. The lowest BCUT2D eigenvalue weighted by atomic mass is 9.78. The van der Waals surface area contributed by atoms with Gasteiger partial charge in [-0.2, -0.15) is 0 Å². The third-order valence-corrected chi connectivity index (χ3v) is 4.96. The molecule has 19 heavy (non-hydrogen) atoms. The molecule has 0 aromatic heterocycles. The SMILES string of the molecule is NC(=S)c1ccc(N2CCC[C@H]3CCCC[C@H]32)cc1. The van der Waals surface area contributed by atoms with Crippen molar-refractivity contribution in [2.75, 3.05) is 11.4 Å². The van der Waals surface area contributed by atoms with Gasteiger partial charge in [0.1, 0.15) is 4.99 Å². The minimum Gasteiger partial charge on any atom is -0.389 e. The van der Waals surface area contributed by atoms with Crippen molar-refractivity contribution < 1.29 is 0 Å². The Balaban J connectivity index is 1.81. The van der Waals surface area contributed by atoms with Crippen molar-refractivity contribution >= 4 is 22.9 Å². The van der Waals surface area contributed by atoms with Crippen LogP contribution in [0.25, 0.3) is 0 Å². The van der Waals surface area contributed by atoms with E-state index < -0.39 is 0 Å². The number of piperidine rings is 1. The molecule has 2 fully saturated rings. The van der Waals surface area contributed by atoms with Crippen LogP contribution in [-0.2, 0) is 0 Å². The van der Waals surface area contributed by atoms with E-state index in [1.165, 1.54) is 50.8 Å². The highest BCUT2D eigenvalue weighted by Gasteiger charge is 2.33. The number of hydrogen-bond acceptors (Lipinski definition) is 2. The topological polar surface area (TPSA) is 29.3 Å². The van der Waals surface area contributed by atoms with Crippen molar-refractivity contribution in [1.82, 2.24) is 0 Å². The summed E-state index contributed by atoms with van der Waals surface area (Å²) in [6.45, 7) is 1.20. The molecule has 1 aromatic rings. The molecular formula is C16H22N2S. The lowest BCUT2D eigenvalue weighted by Crippen LogP contribution is -2.46. The number of fused-ring (bicyclic) bond motifs is 1. The second-order valence-electron chi connectivity index (χ2n) is 5.86. The minimum absolute atomic E-state index is 0.487. The summed E-state index contributed by atoms with van der Waals surface area (Å²) >= 11 is 5.02. The zero-order valence-electron chi connectivity index (χ0n) is 11.3. The molecular weight excluding hydrogens is 252 g/mol. The zero-order chi connectivity index (χ0) is 13.2. The normalized spacial score (nSPS) is 26.8. The van der Waals surface area contributed by atoms with E-state index >= 15 is 0 Å². The Labute approximate surface area is 121 Å². The number of nitrogens with zero attached hydrogens (tertiary/aromatic N) is 1. The van der Waals surface area contributed by atoms with Crippen molar-refractivity contribution in [3.05, 3.63) is 29.8 Å². The zero-order valence-corrected chi connectivity index (χ0v) is 12.2. The quantitative estimate of drug-likeness (QED) is 0.837. The van der Waals surface area contributed by atoms with Crippen molar-refractivity contribution in [3.63, 3.8) is 0 Å². The van der Waals surface area contributed by atoms with Crippen LogP contribution in [0.1, 0.15) is 44.1 Å². The first-order valence-electron chi connectivity index (χ1n) is 7.42. The first-order valence-corrected chi connectivity index (χ1v) is 7.83. The number of anilines is 1. The van der Waals surface area contributed by atoms with Gasteiger partial charge in [-0.1, -0.05) is 25.1 Å². The van der Waals surface area contributed by atoms with Gasteiger partial charge in [0.15, 0.2) is 0 Å². The summed E-state index contributed by atoms with van der Waals surface area (Å²) in [6.07, 6.45) is 8.36. The van der Waals surface area contributed by atoms with Crippen molar-refractivity contribution in [1.29, 1.82) is 0 Å². The van der Waals surface area contributed by atoms with Gasteiger partial charge in [-0.15, -0.1) is 0 Å². The van der Waals surface area contributed by atoms with E-state index in [1.807, 2.05) is 0 Å². The van der Waals surface area contributed by atoms with Crippen LogP contribution in [0.3, 0.4) is 0 Å².